The minimum atomic E-state index is -0.458. The van der Waals surface area contributed by atoms with E-state index in [9.17, 15) is 19.7 Å². The molecule has 0 aliphatic carbocycles. The maximum Gasteiger partial charge on any atom is 0.293 e. The standard InChI is InChI=1S/C19H18N4O4S/c1-21(2)10-11-22-18(24)17(28-19(22)25)12-14-4-3-5-16(20-14)13-6-8-15(9-7-13)23(26)27/h3-9,12H,10-11H2,1-2H3/b17-12-. The lowest BCUT2D eigenvalue weighted by molar-refractivity contribution is -0.384. The molecule has 0 unspecified atom stereocenters. The third-order valence-corrected chi connectivity index (χ3v) is 4.98. The highest BCUT2D eigenvalue weighted by atomic mass is 32.2. The number of nitro benzene ring substituents is 1. The number of nitro groups is 1. The summed E-state index contributed by atoms with van der Waals surface area (Å²) in [5.41, 5.74) is 1.88. The van der Waals surface area contributed by atoms with Gasteiger partial charge in [0.1, 0.15) is 0 Å². The second kappa shape index (κ2) is 8.32. The minimum absolute atomic E-state index is 0.00584. The van der Waals surface area contributed by atoms with E-state index < -0.39 is 4.92 Å². The van der Waals surface area contributed by atoms with Gasteiger partial charge in [-0.05, 0) is 56.2 Å². The van der Waals surface area contributed by atoms with Gasteiger partial charge in [0, 0.05) is 30.8 Å². The van der Waals surface area contributed by atoms with E-state index >= 15 is 0 Å². The highest BCUT2D eigenvalue weighted by Crippen LogP contribution is 2.32. The van der Waals surface area contributed by atoms with Crippen LogP contribution in [0.25, 0.3) is 17.3 Å². The summed E-state index contributed by atoms with van der Waals surface area (Å²) in [5, 5.41) is 10.5. The number of benzene rings is 1. The topological polar surface area (TPSA) is 96.7 Å². The number of nitrogens with zero attached hydrogens (tertiary/aromatic N) is 4. The van der Waals surface area contributed by atoms with E-state index in [1.165, 1.54) is 17.0 Å². The molecule has 0 spiro atoms. The first-order chi connectivity index (χ1) is 13.3. The van der Waals surface area contributed by atoms with Crippen molar-refractivity contribution in [1.82, 2.24) is 14.8 Å². The number of carbonyl (C=O) groups is 2. The lowest BCUT2D eigenvalue weighted by atomic mass is 10.1. The van der Waals surface area contributed by atoms with Gasteiger partial charge in [0.2, 0.25) is 0 Å². The Kier molecular flexibility index (Phi) is 5.86. The average Bonchev–Trinajstić information content (AvgIpc) is 2.93. The van der Waals surface area contributed by atoms with Crippen LogP contribution >= 0.6 is 11.8 Å². The summed E-state index contributed by atoms with van der Waals surface area (Å²) < 4.78 is 0. The molecule has 8 nitrogen and oxygen atoms in total. The van der Waals surface area contributed by atoms with Gasteiger partial charge in [-0.2, -0.15) is 0 Å². The summed E-state index contributed by atoms with van der Waals surface area (Å²) in [6.07, 6.45) is 1.59. The molecule has 28 heavy (non-hydrogen) atoms. The van der Waals surface area contributed by atoms with E-state index in [0.29, 0.717) is 29.4 Å². The van der Waals surface area contributed by atoms with Crippen molar-refractivity contribution in [3.8, 4) is 11.3 Å². The summed E-state index contributed by atoms with van der Waals surface area (Å²) in [5.74, 6) is -0.320. The van der Waals surface area contributed by atoms with Crippen LogP contribution in [-0.4, -0.2) is 58.0 Å². The molecule has 0 saturated carbocycles. The second-order valence-corrected chi connectivity index (χ2v) is 7.38. The zero-order chi connectivity index (χ0) is 20.3. The third kappa shape index (κ3) is 4.44. The Balaban J connectivity index is 1.81. The van der Waals surface area contributed by atoms with Crippen molar-refractivity contribution in [2.75, 3.05) is 27.2 Å². The molecule has 1 saturated heterocycles. The zero-order valence-electron chi connectivity index (χ0n) is 15.4. The molecule has 1 aromatic carbocycles. The van der Waals surface area contributed by atoms with Gasteiger partial charge in [-0.25, -0.2) is 4.98 Å². The molecule has 2 heterocycles. The van der Waals surface area contributed by atoms with Crippen molar-refractivity contribution in [3.05, 3.63) is 63.2 Å². The molecule has 0 N–H and O–H groups in total. The highest BCUT2D eigenvalue weighted by Gasteiger charge is 2.34. The summed E-state index contributed by atoms with van der Waals surface area (Å²) in [6, 6.07) is 11.4. The van der Waals surface area contributed by atoms with E-state index in [1.54, 1.807) is 36.4 Å². The maximum absolute atomic E-state index is 12.5. The van der Waals surface area contributed by atoms with Crippen LogP contribution in [0.3, 0.4) is 0 Å². The first kappa shape index (κ1) is 19.7. The number of amides is 2. The molecule has 0 atom stereocenters. The second-order valence-electron chi connectivity index (χ2n) is 6.39. The van der Waals surface area contributed by atoms with Crippen molar-refractivity contribution in [2.45, 2.75) is 0 Å². The van der Waals surface area contributed by atoms with Crippen LogP contribution in [0.1, 0.15) is 5.69 Å². The monoisotopic (exact) mass is 398 g/mol. The van der Waals surface area contributed by atoms with Crippen molar-refractivity contribution >= 4 is 34.7 Å². The number of non-ortho nitro benzene ring substituents is 1. The van der Waals surface area contributed by atoms with Crippen LogP contribution in [0, 0.1) is 10.1 Å². The predicted molar refractivity (Wildman–Crippen MR) is 108 cm³/mol. The molecular weight excluding hydrogens is 380 g/mol. The summed E-state index contributed by atoms with van der Waals surface area (Å²) in [7, 11) is 3.76. The van der Waals surface area contributed by atoms with E-state index in [4.69, 9.17) is 0 Å². The summed E-state index contributed by atoms with van der Waals surface area (Å²) >= 11 is 0.900. The number of hydrogen-bond donors (Lipinski definition) is 0. The van der Waals surface area contributed by atoms with Gasteiger partial charge in [-0.15, -0.1) is 0 Å². The minimum Gasteiger partial charge on any atom is -0.308 e. The molecule has 2 amide bonds. The molecule has 1 aliphatic heterocycles. The zero-order valence-corrected chi connectivity index (χ0v) is 16.2. The molecule has 0 bridgehead atoms. The molecule has 144 valence electrons. The summed E-state index contributed by atoms with van der Waals surface area (Å²) in [4.78, 5) is 42.9. The average molecular weight is 398 g/mol. The summed E-state index contributed by atoms with van der Waals surface area (Å²) in [6.45, 7) is 0.935. The lowest BCUT2D eigenvalue weighted by Gasteiger charge is -2.15. The Morgan fingerprint density at radius 1 is 1.18 bits per heavy atom. The fourth-order valence-electron chi connectivity index (χ4n) is 2.57. The Labute approximate surface area is 166 Å². The normalized spacial score (nSPS) is 15.7. The van der Waals surface area contributed by atoms with Gasteiger partial charge < -0.3 is 4.90 Å². The molecule has 2 aromatic rings. The Hall–Kier alpha value is -3.04. The van der Waals surface area contributed by atoms with Crippen LogP contribution in [0.15, 0.2) is 47.4 Å². The van der Waals surface area contributed by atoms with Gasteiger partial charge >= 0.3 is 0 Å². The maximum atomic E-state index is 12.5. The molecule has 1 aliphatic rings. The van der Waals surface area contributed by atoms with Crippen LogP contribution in [0.4, 0.5) is 10.5 Å². The van der Waals surface area contributed by atoms with Gasteiger partial charge in [-0.3, -0.25) is 24.6 Å². The Bertz CT molecular complexity index is 957. The number of hydrogen-bond acceptors (Lipinski definition) is 7. The SMILES string of the molecule is CN(C)CCN1C(=O)S/C(=C\c2cccc(-c3ccc([N+](=O)[O-])cc3)n2)C1=O. The molecular formula is C19H18N4O4S. The van der Waals surface area contributed by atoms with Crippen molar-refractivity contribution in [1.29, 1.82) is 0 Å². The largest absolute Gasteiger partial charge is 0.308 e. The van der Waals surface area contributed by atoms with Gasteiger partial charge in [0.25, 0.3) is 16.8 Å². The molecule has 0 radical (unpaired) electrons. The van der Waals surface area contributed by atoms with E-state index in [2.05, 4.69) is 4.98 Å². The lowest BCUT2D eigenvalue weighted by Crippen LogP contribution is -2.34. The van der Waals surface area contributed by atoms with E-state index in [1.807, 2.05) is 19.0 Å². The fourth-order valence-corrected chi connectivity index (χ4v) is 3.42. The molecule has 1 fully saturated rings. The number of carbonyl (C=O) groups excluding carboxylic acids is 2. The first-order valence-electron chi connectivity index (χ1n) is 8.47. The molecule has 1 aromatic heterocycles. The number of likely N-dealkylation sites (N-methyl/N-ethyl adjacent to an activating group) is 1. The third-order valence-electron chi connectivity index (χ3n) is 4.07. The van der Waals surface area contributed by atoms with E-state index in [-0.39, 0.29) is 16.8 Å². The van der Waals surface area contributed by atoms with Crippen molar-refractivity contribution in [2.24, 2.45) is 0 Å². The molecule has 9 heteroatoms. The van der Waals surface area contributed by atoms with Crippen LogP contribution in [-0.2, 0) is 4.79 Å². The van der Waals surface area contributed by atoms with Crippen LogP contribution in [0.2, 0.25) is 0 Å². The van der Waals surface area contributed by atoms with Crippen molar-refractivity contribution in [3.63, 3.8) is 0 Å². The van der Waals surface area contributed by atoms with Crippen LogP contribution < -0.4 is 0 Å². The number of imide groups is 1. The van der Waals surface area contributed by atoms with Gasteiger partial charge in [-0.1, -0.05) is 6.07 Å². The first-order valence-corrected chi connectivity index (χ1v) is 9.29. The fraction of sp³-hybridized carbons (Fsp3) is 0.211. The predicted octanol–water partition coefficient (Wildman–Crippen LogP) is 3.25. The highest BCUT2D eigenvalue weighted by molar-refractivity contribution is 8.18. The Morgan fingerprint density at radius 3 is 2.54 bits per heavy atom. The number of aromatic nitrogens is 1. The smallest absolute Gasteiger partial charge is 0.293 e. The van der Waals surface area contributed by atoms with Gasteiger partial charge in [0.05, 0.1) is 21.2 Å². The van der Waals surface area contributed by atoms with E-state index in [0.717, 1.165) is 17.3 Å². The van der Waals surface area contributed by atoms with Gasteiger partial charge in [0.15, 0.2) is 0 Å². The molecule has 3 rings (SSSR count). The number of thioether (sulfide) groups is 1. The van der Waals surface area contributed by atoms with Crippen molar-refractivity contribution < 1.29 is 14.5 Å². The quantitative estimate of drug-likeness (QED) is 0.418. The number of pyridine rings is 1. The Morgan fingerprint density at radius 2 is 1.89 bits per heavy atom. The van der Waals surface area contributed by atoms with Crippen LogP contribution in [0.5, 0.6) is 0 Å². The number of rotatable bonds is 6.